The van der Waals surface area contributed by atoms with Crippen LogP contribution in [-0.4, -0.2) is 11.6 Å². The van der Waals surface area contributed by atoms with Crippen molar-refractivity contribution in [1.29, 1.82) is 0 Å². The highest BCUT2D eigenvalue weighted by Gasteiger charge is 2.06. The first kappa shape index (κ1) is 12.1. The van der Waals surface area contributed by atoms with E-state index in [1.54, 1.807) is 24.5 Å². The standard InChI is InChI=1S/C14H14N2O2/c1-2-12(13-9-6-10-18-13)15-16-14(17)11-7-4-3-5-8-11/h3-10H,2H2,1H3,(H,16,17)/b15-12+. The summed E-state index contributed by atoms with van der Waals surface area (Å²) in [6.45, 7) is 1.95. The van der Waals surface area contributed by atoms with Crippen LogP contribution < -0.4 is 5.43 Å². The molecule has 1 amide bonds. The van der Waals surface area contributed by atoms with Crippen LogP contribution in [0.2, 0.25) is 0 Å². The highest BCUT2D eigenvalue weighted by atomic mass is 16.3. The molecular formula is C14H14N2O2. The molecule has 92 valence electrons. The number of hydrogen-bond donors (Lipinski definition) is 1. The van der Waals surface area contributed by atoms with Crippen LogP contribution in [-0.2, 0) is 0 Å². The lowest BCUT2D eigenvalue weighted by atomic mass is 10.2. The van der Waals surface area contributed by atoms with Crippen molar-refractivity contribution in [2.75, 3.05) is 0 Å². The van der Waals surface area contributed by atoms with Crippen molar-refractivity contribution in [3.63, 3.8) is 0 Å². The highest BCUT2D eigenvalue weighted by molar-refractivity contribution is 6.00. The number of nitrogens with one attached hydrogen (secondary N) is 1. The van der Waals surface area contributed by atoms with Crippen LogP contribution in [0, 0.1) is 0 Å². The van der Waals surface area contributed by atoms with Crippen LogP contribution in [0.4, 0.5) is 0 Å². The third kappa shape index (κ3) is 2.85. The molecule has 1 aromatic heterocycles. The first-order valence-corrected chi connectivity index (χ1v) is 5.77. The van der Waals surface area contributed by atoms with Gasteiger partial charge in [-0.05, 0) is 30.7 Å². The molecule has 1 aromatic carbocycles. The monoisotopic (exact) mass is 242 g/mol. The molecular weight excluding hydrogens is 228 g/mol. The number of furan rings is 1. The van der Waals surface area contributed by atoms with Crippen molar-refractivity contribution in [1.82, 2.24) is 5.43 Å². The van der Waals surface area contributed by atoms with Crippen LogP contribution in [0.25, 0.3) is 0 Å². The summed E-state index contributed by atoms with van der Waals surface area (Å²) in [6.07, 6.45) is 2.27. The van der Waals surface area contributed by atoms with Gasteiger partial charge in [-0.3, -0.25) is 4.79 Å². The summed E-state index contributed by atoms with van der Waals surface area (Å²) in [6, 6.07) is 12.6. The number of hydrazone groups is 1. The lowest BCUT2D eigenvalue weighted by molar-refractivity contribution is 0.0955. The predicted octanol–water partition coefficient (Wildman–Crippen LogP) is 2.82. The molecule has 0 aliphatic carbocycles. The number of amides is 1. The summed E-state index contributed by atoms with van der Waals surface area (Å²) in [5.41, 5.74) is 3.82. The molecule has 2 rings (SSSR count). The van der Waals surface area contributed by atoms with E-state index < -0.39 is 0 Å². The average molecular weight is 242 g/mol. The van der Waals surface area contributed by atoms with Gasteiger partial charge in [-0.1, -0.05) is 25.1 Å². The largest absolute Gasteiger partial charge is 0.463 e. The SMILES string of the molecule is CC/C(=N\NC(=O)c1ccccc1)c1ccco1. The fraction of sp³-hybridized carbons (Fsp3) is 0.143. The van der Waals surface area contributed by atoms with Gasteiger partial charge >= 0.3 is 0 Å². The Bertz CT molecular complexity index is 530. The minimum Gasteiger partial charge on any atom is -0.463 e. The molecule has 1 heterocycles. The minimum absolute atomic E-state index is 0.229. The zero-order valence-corrected chi connectivity index (χ0v) is 10.1. The van der Waals surface area contributed by atoms with Crippen molar-refractivity contribution in [2.24, 2.45) is 5.10 Å². The molecule has 0 spiro atoms. The second kappa shape index (κ2) is 5.82. The third-order valence-electron chi connectivity index (χ3n) is 2.47. The van der Waals surface area contributed by atoms with Crippen LogP contribution in [0.3, 0.4) is 0 Å². The number of carbonyl (C=O) groups excluding carboxylic acids is 1. The number of benzene rings is 1. The van der Waals surface area contributed by atoms with E-state index in [0.29, 0.717) is 23.5 Å². The molecule has 0 fully saturated rings. The molecule has 1 N–H and O–H groups in total. The Morgan fingerprint density at radius 1 is 1.22 bits per heavy atom. The second-order valence-corrected chi connectivity index (χ2v) is 3.70. The lowest BCUT2D eigenvalue weighted by Gasteiger charge is -2.02. The minimum atomic E-state index is -0.229. The van der Waals surface area contributed by atoms with Gasteiger partial charge in [0.05, 0.1) is 6.26 Å². The van der Waals surface area contributed by atoms with Gasteiger partial charge in [0.2, 0.25) is 0 Å². The average Bonchev–Trinajstić information content (AvgIpc) is 2.94. The Labute approximate surface area is 105 Å². The number of rotatable bonds is 4. The second-order valence-electron chi connectivity index (χ2n) is 3.70. The van der Waals surface area contributed by atoms with Gasteiger partial charge < -0.3 is 4.42 Å². The van der Waals surface area contributed by atoms with Crippen molar-refractivity contribution >= 4 is 11.6 Å². The third-order valence-corrected chi connectivity index (χ3v) is 2.47. The molecule has 0 atom stereocenters. The Balaban J connectivity index is 2.08. The van der Waals surface area contributed by atoms with E-state index in [1.807, 2.05) is 31.2 Å². The Hall–Kier alpha value is -2.36. The smallest absolute Gasteiger partial charge is 0.271 e. The Morgan fingerprint density at radius 3 is 2.61 bits per heavy atom. The maximum Gasteiger partial charge on any atom is 0.271 e. The highest BCUT2D eigenvalue weighted by Crippen LogP contribution is 2.05. The predicted molar refractivity (Wildman–Crippen MR) is 69.4 cm³/mol. The molecule has 0 saturated heterocycles. The number of nitrogens with zero attached hydrogens (tertiary/aromatic N) is 1. The maximum absolute atomic E-state index is 11.8. The first-order valence-electron chi connectivity index (χ1n) is 5.77. The molecule has 0 aliphatic heterocycles. The molecule has 0 radical (unpaired) electrons. The maximum atomic E-state index is 11.8. The van der Waals surface area contributed by atoms with Crippen LogP contribution >= 0.6 is 0 Å². The quantitative estimate of drug-likeness (QED) is 0.662. The van der Waals surface area contributed by atoms with Crippen molar-refractivity contribution in [2.45, 2.75) is 13.3 Å². The fourth-order valence-corrected chi connectivity index (χ4v) is 1.52. The van der Waals surface area contributed by atoms with Gasteiger partial charge in [-0.15, -0.1) is 0 Å². The van der Waals surface area contributed by atoms with E-state index in [1.165, 1.54) is 0 Å². The van der Waals surface area contributed by atoms with Crippen LogP contribution in [0.1, 0.15) is 29.5 Å². The van der Waals surface area contributed by atoms with Gasteiger partial charge in [0.25, 0.3) is 5.91 Å². The zero-order chi connectivity index (χ0) is 12.8. The molecule has 0 aliphatic rings. The summed E-state index contributed by atoms with van der Waals surface area (Å²) in [7, 11) is 0. The van der Waals surface area contributed by atoms with E-state index in [-0.39, 0.29) is 5.91 Å². The van der Waals surface area contributed by atoms with E-state index in [2.05, 4.69) is 10.5 Å². The van der Waals surface area contributed by atoms with E-state index in [4.69, 9.17) is 4.42 Å². The van der Waals surface area contributed by atoms with Gasteiger partial charge in [0.1, 0.15) is 11.5 Å². The zero-order valence-electron chi connectivity index (χ0n) is 10.1. The Morgan fingerprint density at radius 2 is 2.00 bits per heavy atom. The summed E-state index contributed by atoms with van der Waals surface area (Å²) >= 11 is 0. The van der Waals surface area contributed by atoms with E-state index in [9.17, 15) is 4.79 Å². The van der Waals surface area contributed by atoms with Gasteiger partial charge in [0, 0.05) is 5.56 Å². The van der Waals surface area contributed by atoms with Crippen LogP contribution in [0.5, 0.6) is 0 Å². The van der Waals surface area contributed by atoms with Crippen molar-refractivity contribution in [3.05, 3.63) is 60.1 Å². The van der Waals surface area contributed by atoms with Gasteiger partial charge in [-0.2, -0.15) is 5.10 Å². The molecule has 0 bridgehead atoms. The lowest BCUT2D eigenvalue weighted by Crippen LogP contribution is -2.19. The molecule has 4 nitrogen and oxygen atoms in total. The van der Waals surface area contributed by atoms with E-state index >= 15 is 0 Å². The van der Waals surface area contributed by atoms with E-state index in [0.717, 1.165) is 0 Å². The number of carbonyl (C=O) groups is 1. The van der Waals surface area contributed by atoms with Gasteiger partial charge in [-0.25, -0.2) is 5.43 Å². The first-order chi connectivity index (χ1) is 8.81. The molecule has 4 heteroatoms. The summed E-state index contributed by atoms with van der Waals surface area (Å²) < 4.78 is 5.24. The molecule has 2 aromatic rings. The van der Waals surface area contributed by atoms with Crippen molar-refractivity contribution in [3.8, 4) is 0 Å². The Kier molecular flexibility index (Phi) is 3.91. The molecule has 0 saturated carbocycles. The molecule has 0 unspecified atom stereocenters. The topological polar surface area (TPSA) is 54.6 Å². The summed E-state index contributed by atoms with van der Waals surface area (Å²) in [5.74, 6) is 0.443. The summed E-state index contributed by atoms with van der Waals surface area (Å²) in [5, 5.41) is 4.08. The van der Waals surface area contributed by atoms with Gasteiger partial charge in [0.15, 0.2) is 0 Å². The van der Waals surface area contributed by atoms with Crippen LogP contribution in [0.15, 0.2) is 58.2 Å². The molecule has 18 heavy (non-hydrogen) atoms. The fourth-order valence-electron chi connectivity index (χ4n) is 1.52. The van der Waals surface area contributed by atoms with Crippen molar-refractivity contribution < 1.29 is 9.21 Å². The normalized spacial score (nSPS) is 11.3. The summed E-state index contributed by atoms with van der Waals surface area (Å²) in [4.78, 5) is 11.8. The number of hydrogen-bond acceptors (Lipinski definition) is 3.